The third kappa shape index (κ3) is 3.31. The van der Waals surface area contributed by atoms with Crippen molar-refractivity contribution < 1.29 is 4.79 Å². The van der Waals surface area contributed by atoms with Gasteiger partial charge in [-0.3, -0.25) is 10.1 Å². The van der Waals surface area contributed by atoms with E-state index in [4.69, 9.17) is 12.2 Å². The Bertz CT molecular complexity index is 726. The number of amides is 1. The van der Waals surface area contributed by atoms with Crippen LogP contribution in [0.3, 0.4) is 0 Å². The van der Waals surface area contributed by atoms with Gasteiger partial charge in [-0.2, -0.15) is 0 Å². The van der Waals surface area contributed by atoms with Crippen molar-refractivity contribution in [1.82, 2.24) is 10.6 Å². The van der Waals surface area contributed by atoms with Gasteiger partial charge in [0.2, 0.25) is 0 Å². The molecule has 1 aliphatic rings. The third-order valence-corrected chi connectivity index (χ3v) is 4.94. The SMILES string of the molecule is O=C(NC(=S)NC1CCCC1)c1cccc2c(Br)cccc12. The molecule has 0 unspecified atom stereocenters. The summed E-state index contributed by atoms with van der Waals surface area (Å²) in [6.45, 7) is 0. The second kappa shape index (κ2) is 6.75. The van der Waals surface area contributed by atoms with Crippen LogP contribution in [0.4, 0.5) is 0 Å². The Morgan fingerprint density at radius 2 is 1.77 bits per heavy atom. The van der Waals surface area contributed by atoms with E-state index in [-0.39, 0.29) is 5.91 Å². The van der Waals surface area contributed by atoms with Crippen LogP contribution in [-0.4, -0.2) is 17.1 Å². The number of benzene rings is 2. The number of nitrogens with one attached hydrogen (secondary N) is 2. The van der Waals surface area contributed by atoms with E-state index in [1.807, 2.05) is 36.4 Å². The fourth-order valence-corrected chi connectivity index (χ4v) is 3.69. The molecule has 2 aromatic carbocycles. The lowest BCUT2D eigenvalue weighted by atomic mass is 10.0. The Kier molecular flexibility index (Phi) is 4.74. The van der Waals surface area contributed by atoms with Crippen molar-refractivity contribution in [2.24, 2.45) is 0 Å². The second-order valence-corrected chi connectivity index (χ2v) is 6.81. The van der Waals surface area contributed by atoms with E-state index in [1.54, 1.807) is 0 Å². The van der Waals surface area contributed by atoms with Crippen LogP contribution in [0, 0.1) is 0 Å². The quantitative estimate of drug-likeness (QED) is 0.773. The minimum atomic E-state index is -0.167. The lowest BCUT2D eigenvalue weighted by molar-refractivity contribution is 0.0978. The summed E-state index contributed by atoms with van der Waals surface area (Å²) >= 11 is 8.78. The molecule has 5 heteroatoms. The van der Waals surface area contributed by atoms with E-state index in [2.05, 4.69) is 26.6 Å². The summed E-state index contributed by atoms with van der Waals surface area (Å²) in [5.74, 6) is -0.167. The number of rotatable bonds is 2. The molecule has 1 amide bonds. The molecule has 0 saturated heterocycles. The van der Waals surface area contributed by atoms with E-state index in [0.29, 0.717) is 16.7 Å². The number of carbonyl (C=O) groups is 1. The van der Waals surface area contributed by atoms with Crippen LogP contribution in [0.5, 0.6) is 0 Å². The van der Waals surface area contributed by atoms with Gasteiger partial charge in [-0.05, 0) is 48.0 Å². The number of thiocarbonyl (C=S) groups is 1. The minimum absolute atomic E-state index is 0.167. The van der Waals surface area contributed by atoms with Crippen LogP contribution in [-0.2, 0) is 0 Å². The maximum absolute atomic E-state index is 12.5. The molecule has 1 aliphatic carbocycles. The average molecular weight is 377 g/mol. The molecule has 0 atom stereocenters. The summed E-state index contributed by atoms with van der Waals surface area (Å²) in [5.41, 5.74) is 0.634. The summed E-state index contributed by atoms with van der Waals surface area (Å²) in [5, 5.41) is 8.38. The lowest BCUT2D eigenvalue weighted by Gasteiger charge is -2.15. The van der Waals surface area contributed by atoms with Gasteiger partial charge in [0, 0.05) is 16.1 Å². The average Bonchev–Trinajstić information content (AvgIpc) is 3.00. The predicted molar refractivity (Wildman–Crippen MR) is 97.1 cm³/mol. The summed E-state index contributed by atoms with van der Waals surface area (Å²) in [4.78, 5) is 12.5. The summed E-state index contributed by atoms with van der Waals surface area (Å²) in [7, 11) is 0. The molecule has 2 aromatic rings. The number of hydrogen-bond donors (Lipinski definition) is 2. The van der Waals surface area contributed by atoms with Gasteiger partial charge in [-0.15, -0.1) is 0 Å². The van der Waals surface area contributed by atoms with Crippen molar-refractivity contribution in [3.63, 3.8) is 0 Å². The van der Waals surface area contributed by atoms with E-state index < -0.39 is 0 Å². The minimum Gasteiger partial charge on any atom is -0.360 e. The first kappa shape index (κ1) is 15.4. The van der Waals surface area contributed by atoms with Crippen LogP contribution in [0.1, 0.15) is 36.0 Å². The molecule has 1 fully saturated rings. The largest absolute Gasteiger partial charge is 0.360 e. The van der Waals surface area contributed by atoms with Gasteiger partial charge in [0.1, 0.15) is 0 Å². The number of hydrogen-bond acceptors (Lipinski definition) is 2. The third-order valence-electron chi connectivity index (χ3n) is 4.03. The molecule has 0 aromatic heterocycles. The second-order valence-electron chi connectivity index (χ2n) is 5.55. The van der Waals surface area contributed by atoms with E-state index in [1.165, 1.54) is 12.8 Å². The molecule has 3 nitrogen and oxygen atoms in total. The Hall–Kier alpha value is -1.46. The first-order chi connectivity index (χ1) is 10.6. The van der Waals surface area contributed by atoms with E-state index in [9.17, 15) is 4.79 Å². The van der Waals surface area contributed by atoms with Crippen molar-refractivity contribution in [1.29, 1.82) is 0 Å². The maximum Gasteiger partial charge on any atom is 0.258 e. The number of halogens is 1. The van der Waals surface area contributed by atoms with Gasteiger partial charge in [-0.25, -0.2) is 0 Å². The molecule has 1 saturated carbocycles. The molecule has 0 spiro atoms. The lowest BCUT2D eigenvalue weighted by Crippen LogP contribution is -2.43. The van der Waals surface area contributed by atoms with Crippen LogP contribution >= 0.6 is 28.1 Å². The molecule has 0 bridgehead atoms. The highest BCUT2D eigenvalue weighted by molar-refractivity contribution is 9.10. The Morgan fingerprint density at radius 3 is 2.55 bits per heavy atom. The molecule has 3 rings (SSSR count). The molecule has 22 heavy (non-hydrogen) atoms. The monoisotopic (exact) mass is 376 g/mol. The zero-order valence-corrected chi connectivity index (χ0v) is 14.5. The number of carbonyl (C=O) groups excluding carboxylic acids is 1. The fourth-order valence-electron chi connectivity index (χ4n) is 2.93. The van der Waals surface area contributed by atoms with Gasteiger partial charge in [-0.1, -0.05) is 53.0 Å². The number of fused-ring (bicyclic) bond motifs is 1. The first-order valence-electron chi connectivity index (χ1n) is 7.44. The van der Waals surface area contributed by atoms with Crippen molar-refractivity contribution >= 4 is 49.9 Å². The molecule has 0 radical (unpaired) electrons. The van der Waals surface area contributed by atoms with Gasteiger partial charge in [0.25, 0.3) is 5.91 Å². The van der Waals surface area contributed by atoms with E-state index in [0.717, 1.165) is 28.1 Å². The maximum atomic E-state index is 12.5. The van der Waals surface area contributed by atoms with Crippen LogP contribution < -0.4 is 10.6 Å². The van der Waals surface area contributed by atoms with E-state index >= 15 is 0 Å². The van der Waals surface area contributed by atoms with Crippen LogP contribution in [0.2, 0.25) is 0 Å². The Labute approximate surface area is 143 Å². The van der Waals surface area contributed by atoms with Crippen LogP contribution in [0.25, 0.3) is 10.8 Å². The summed E-state index contributed by atoms with van der Waals surface area (Å²) in [6.07, 6.45) is 4.70. The fraction of sp³-hybridized carbons (Fsp3) is 0.294. The van der Waals surface area contributed by atoms with Crippen molar-refractivity contribution in [3.05, 3.63) is 46.4 Å². The highest BCUT2D eigenvalue weighted by Crippen LogP contribution is 2.26. The molecular formula is C17H17BrN2OS. The summed E-state index contributed by atoms with van der Waals surface area (Å²) in [6, 6.07) is 11.9. The van der Waals surface area contributed by atoms with Crippen molar-refractivity contribution in [2.75, 3.05) is 0 Å². The van der Waals surface area contributed by atoms with Crippen molar-refractivity contribution in [2.45, 2.75) is 31.7 Å². The Morgan fingerprint density at radius 1 is 1.09 bits per heavy atom. The Balaban J connectivity index is 1.77. The van der Waals surface area contributed by atoms with Gasteiger partial charge < -0.3 is 5.32 Å². The zero-order valence-electron chi connectivity index (χ0n) is 12.1. The molecule has 0 heterocycles. The van der Waals surface area contributed by atoms with Gasteiger partial charge in [0.15, 0.2) is 5.11 Å². The highest BCUT2D eigenvalue weighted by Gasteiger charge is 2.17. The first-order valence-corrected chi connectivity index (χ1v) is 8.64. The molecule has 2 N–H and O–H groups in total. The summed E-state index contributed by atoms with van der Waals surface area (Å²) < 4.78 is 0.978. The molecular weight excluding hydrogens is 360 g/mol. The van der Waals surface area contributed by atoms with Crippen LogP contribution in [0.15, 0.2) is 40.9 Å². The molecule has 0 aliphatic heterocycles. The van der Waals surface area contributed by atoms with Gasteiger partial charge in [0.05, 0.1) is 0 Å². The zero-order chi connectivity index (χ0) is 15.5. The van der Waals surface area contributed by atoms with Gasteiger partial charge >= 0.3 is 0 Å². The standard InChI is InChI=1S/C17H17BrN2OS/c18-15-10-4-7-12-13(15)8-3-9-14(12)16(21)20-17(22)19-11-5-1-2-6-11/h3-4,7-11H,1-2,5-6H2,(H2,19,20,21,22). The highest BCUT2D eigenvalue weighted by atomic mass is 79.9. The topological polar surface area (TPSA) is 41.1 Å². The van der Waals surface area contributed by atoms with Crippen molar-refractivity contribution in [3.8, 4) is 0 Å². The smallest absolute Gasteiger partial charge is 0.258 e. The molecule has 114 valence electrons. The normalized spacial score (nSPS) is 15.0. The predicted octanol–water partition coefficient (Wildman–Crippen LogP) is 4.15.